The molecule has 1 saturated heterocycles. The molecular weight excluding hydrogens is 448 g/mol. The van der Waals surface area contributed by atoms with Gasteiger partial charge in [-0.3, -0.25) is 14.9 Å². The first kappa shape index (κ1) is 25.2. The van der Waals surface area contributed by atoms with E-state index in [2.05, 4.69) is 11.9 Å². The number of hydrogen-bond donors (Lipinski definition) is 2. The molecule has 1 aliphatic rings. The smallest absolute Gasteiger partial charge is 0.336 e. The third kappa shape index (κ3) is 5.55. The molecule has 3 rings (SSSR count). The van der Waals surface area contributed by atoms with Crippen molar-refractivity contribution >= 4 is 29.9 Å². The van der Waals surface area contributed by atoms with Crippen LogP contribution < -0.4 is 5.32 Å². The van der Waals surface area contributed by atoms with Crippen LogP contribution in [0.5, 0.6) is 0 Å². The molecule has 180 valence electrons. The van der Waals surface area contributed by atoms with Crippen LogP contribution in [0.3, 0.4) is 0 Å². The van der Waals surface area contributed by atoms with Crippen molar-refractivity contribution in [2.75, 3.05) is 0 Å². The lowest BCUT2D eigenvalue weighted by Gasteiger charge is -2.27. The van der Waals surface area contributed by atoms with Crippen molar-refractivity contribution in [2.45, 2.75) is 33.1 Å². The number of carbonyl (C=O) groups is 4. The molecular formula is C27H26N2O6. The Hall–Kier alpha value is -4.46. The lowest BCUT2D eigenvalue weighted by Crippen LogP contribution is -2.53. The molecule has 2 N–H and O–H groups in total. The van der Waals surface area contributed by atoms with Gasteiger partial charge in [0.15, 0.2) is 0 Å². The number of hydrogen-bond acceptors (Lipinski definition) is 5. The van der Waals surface area contributed by atoms with Crippen LogP contribution in [0.2, 0.25) is 0 Å². The highest BCUT2D eigenvalue weighted by atomic mass is 16.4. The van der Waals surface area contributed by atoms with Gasteiger partial charge in [-0.05, 0) is 48.8 Å². The summed E-state index contributed by atoms with van der Waals surface area (Å²) in [6.45, 7) is 7.66. The number of imide groups is 2. The standard InChI is InChI=1S/C27H26N2O6/c1-4-9-17(6-3)15-18(10-5-2)29-25(31)22(24(30)28-27(29)34)16-19-13-14-23(35-19)20-11-7-8-12-21(20)26(32)33/h6-8,10-16H,3-5,9H2,1-2H3,(H,32,33)(H,28,30,34)/b17-15+,18-10+,22-16+. The van der Waals surface area contributed by atoms with E-state index in [1.54, 1.807) is 42.5 Å². The summed E-state index contributed by atoms with van der Waals surface area (Å²) in [7, 11) is 0. The summed E-state index contributed by atoms with van der Waals surface area (Å²) in [4.78, 5) is 50.9. The molecule has 0 aliphatic carbocycles. The van der Waals surface area contributed by atoms with Gasteiger partial charge in [0.2, 0.25) is 0 Å². The van der Waals surface area contributed by atoms with E-state index >= 15 is 0 Å². The molecule has 1 fully saturated rings. The summed E-state index contributed by atoms with van der Waals surface area (Å²) in [5.74, 6) is -2.34. The Morgan fingerprint density at radius 3 is 2.54 bits per heavy atom. The number of carboxylic acid groups (broad SMARTS) is 1. The van der Waals surface area contributed by atoms with Crippen LogP contribution in [-0.2, 0) is 9.59 Å². The summed E-state index contributed by atoms with van der Waals surface area (Å²) < 4.78 is 5.73. The van der Waals surface area contributed by atoms with Gasteiger partial charge in [0, 0.05) is 5.56 Å². The number of aromatic carboxylic acids is 1. The zero-order chi connectivity index (χ0) is 25.5. The third-order valence-electron chi connectivity index (χ3n) is 5.24. The van der Waals surface area contributed by atoms with E-state index in [4.69, 9.17) is 4.42 Å². The topological polar surface area (TPSA) is 117 Å². The average Bonchev–Trinajstić information content (AvgIpc) is 3.30. The molecule has 0 spiro atoms. The predicted molar refractivity (Wildman–Crippen MR) is 131 cm³/mol. The van der Waals surface area contributed by atoms with Crippen molar-refractivity contribution in [2.24, 2.45) is 0 Å². The van der Waals surface area contributed by atoms with E-state index < -0.39 is 23.8 Å². The van der Waals surface area contributed by atoms with Crippen LogP contribution in [0.1, 0.15) is 49.2 Å². The Balaban J connectivity index is 2.00. The van der Waals surface area contributed by atoms with Crippen molar-refractivity contribution in [1.29, 1.82) is 0 Å². The number of allylic oxidation sites excluding steroid dienone is 4. The molecule has 2 heterocycles. The first-order valence-electron chi connectivity index (χ1n) is 11.2. The summed E-state index contributed by atoms with van der Waals surface area (Å²) in [6.07, 6.45) is 8.45. The first-order chi connectivity index (χ1) is 16.8. The van der Waals surface area contributed by atoms with E-state index in [0.29, 0.717) is 24.1 Å². The molecule has 2 aromatic rings. The molecule has 0 unspecified atom stereocenters. The van der Waals surface area contributed by atoms with E-state index in [-0.39, 0.29) is 22.7 Å². The maximum atomic E-state index is 13.3. The Labute approximate surface area is 202 Å². The number of furan rings is 1. The average molecular weight is 475 g/mol. The molecule has 0 atom stereocenters. The second-order valence-electron chi connectivity index (χ2n) is 7.72. The number of barbiturate groups is 1. The van der Waals surface area contributed by atoms with Crippen molar-refractivity contribution in [3.63, 3.8) is 0 Å². The van der Waals surface area contributed by atoms with Gasteiger partial charge in [-0.15, -0.1) is 0 Å². The number of carboxylic acids is 1. The lowest BCUT2D eigenvalue weighted by atomic mass is 10.1. The summed E-state index contributed by atoms with van der Waals surface area (Å²) in [6, 6.07) is 8.55. The predicted octanol–water partition coefficient (Wildman–Crippen LogP) is 5.31. The van der Waals surface area contributed by atoms with Crippen molar-refractivity contribution in [3.05, 3.63) is 89.4 Å². The number of amides is 4. The quantitative estimate of drug-likeness (QED) is 0.289. The van der Waals surface area contributed by atoms with Crippen LogP contribution >= 0.6 is 0 Å². The van der Waals surface area contributed by atoms with Crippen molar-refractivity contribution in [1.82, 2.24) is 10.2 Å². The highest BCUT2D eigenvalue weighted by molar-refractivity contribution is 6.31. The number of nitrogens with one attached hydrogen (secondary N) is 1. The van der Waals surface area contributed by atoms with Gasteiger partial charge in [0.25, 0.3) is 11.8 Å². The molecule has 0 radical (unpaired) electrons. The van der Waals surface area contributed by atoms with Gasteiger partial charge in [-0.2, -0.15) is 0 Å². The highest BCUT2D eigenvalue weighted by Gasteiger charge is 2.37. The Morgan fingerprint density at radius 2 is 1.89 bits per heavy atom. The van der Waals surface area contributed by atoms with E-state index in [1.807, 2.05) is 13.8 Å². The van der Waals surface area contributed by atoms with Gasteiger partial charge in [-0.1, -0.05) is 57.2 Å². The van der Waals surface area contributed by atoms with Crippen LogP contribution in [-0.4, -0.2) is 33.8 Å². The van der Waals surface area contributed by atoms with Gasteiger partial charge in [0.05, 0.1) is 11.3 Å². The van der Waals surface area contributed by atoms with Gasteiger partial charge < -0.3 is 9.52 Å². The fourth-order valence-corrected chi connectivity index (χ4v) is 3.63. The number of carbonyl (C=O) groups excluding carboxylic acids is 3. The van der Waals surface area contributed by atoms with Crippen molar-refractivity contribution in [3.8, 4) is 11.3 Å². The van der Waals surface area contributed by atoms with Gasteiger partial charge in [-0.25, -0.2) is 14.5 Å². The van der Waals surface area contributed by atoms with Crippen LogP contribution in [0.4, 0.5) is 4.79 Å². The van der Waals surface area contributed by atoms with E-state index in [9.17, 15) is 24.3 Å². The third-order valence-corrected chi connectivity index (χ3v) is 5.24. The monoisotopic (exact) mass is 474 g/mol. The molecule has 8 nitrogen and oxygen atoms in total. The van der Waals surface area contributed by atoms with E-state index in [1.165, 1.54) is 18.2 Å². The minimum Gasteiger partial charge on any atom is -0.478 e. The van der Waals surface area contributed by atoms with E-state index in [0.717, 1.165) is 16.9 Å². The lowest BCUT2D eigenvalue weighted by molar-refractivity contribution is -0.128. The number of rotatable bonds is 9. The second kappa shape index (κ2) is 11.1. The maximum Gasteiger partial charge on any atom is 0.336 e. The fourth-order valence-electron chi connectivity index (χ4n) is 3.63. The second-order valence-corrected chi connectivity index (χ2v) is 7.72. The molecule has 35 heavy (non-hydrogen) atoms. The molecule has 1 aliphatic heterocycles. The fraction of sp³-hybridized carbons (Fsp3) is 0.185. The van der Waals surface area contributed by atoms with Crippen LogP contribution in [0.25, 0.3) is 17.4 Å². The Morgan fingerprint density at radius 1 is 1.14 bits per heavy atom. The maximum absolute atomic E-state index is 13.3. The number of urea groups is 1. The summed E-state index contributed by atoms with van der Waals surface area (Å²) in [5.41, 5.74) is 1.31. The SMILES string of the molecule is C=C/C(=C\C(=C/CC)N1C(=O)NC(=O)/C(=C\c2ccc(-c3ccccc3C(=O)O)o2)C1=O)CCC. The van der Waals surface area contributed by atoms with Crippen molar-refractivity contribution < 1.29 is 28.7 Å². The zero-order valence-electron chi connectivity index (χ0n) is 19.5. The zero-order valence-corrected chi connectivity index (χ0v) is 19.5. The molecule has 8 heteroatoms. The molecule has 0 saturated carbocycles. The summed E-state index contributed by atoms with van der Waals surface area (Å²) in [5, 5.41) is 11.6. The summed E-state index contributed by atoms with van der Waals surface area (Å²) >= 11 is 0. The number of nitrogens with zero attached hydrogens (tertiary/aromatic N) is 1. The Bertz CT molecular complexity index is 1280. The van der Waals surface area contributed by atoms with Crippen LogP contribution in [0.15, 0.2) is 82.5 Å². The minimum absolute atomic E-state index is 0.0514. The first-order valence-corrected chi connectivity index (χ1v) is 11.2. The van der Waals surface area contributed by atoms with Gasteiger partial charge >= 0.3 is 12.0 Å². The molecule has 4 amide bonds. The number of benzene rings is 1. The molecule has 1 aromatic heterocycles. The largest absolute Gasteiger partial charge is 0.478 e. The molecule has 0 bridgehead atoms. The molecule has 1 aromatic carbocycles. The Kier molecular flexibility index (Phi) is 7.99. The van der Waals surface area contributed by atoms with Crippen LogP contribution in [0, 0.1) is 0 Å². The minimum atomic E-state index is -1.11. The normalized spacial score (nSPS) is 16.0. The highest BCUT2D eigenvalue weighted by Crippen LogP contribution is 2.28. The van der Waals surface area contributed by atoms with Gasteiger partial charge in [0.1, 0.15) is 17.1 Å².